The van der Waals surface area contributed by atoms with Gasteiger partial charge in [0.2, 0.25) is 0 Å². The van der Waals surface area contributed by atoms with Crippen LogP contribution in [0.1, 0.15) is 40.1 Å². The number of benzene rings is 1. The number of ether oxygens (including phenoxy) is 1. The van der Waals surface area contributed by atoms with Crippen LogP contribution in [0.4, 0.5) is 0 Å². The van der Waals surface area contributed by atoms with Gasteiger partial charge in [-0.15, -0.1) is 11.3 Å². The van der Waals surface area contributed by atoms with E-state index < -0.39 is 5.97 Å². The number of methoxy groups -OCH3 is 1. The van der Waals surface area contributed by atoms with Crippen molar-refractivity contribution in [1.82, 2.24) is 0 Å². The summed E-state index contributed by atoms with van der Waals surface area (Å²) in [4.78, 5) is 23.3. The molecule has 4 nitrogen and oxygen atoms in total. The van der Waals surface area contributed by atoms with E-state index in [2.05, 4.69) is 0 Å². The number of carbonyl (C=O) groups excluding carboxylic acids is 1. The summed E-state index contributed by atoms with van der Waals surface area (Å²) in [6, 6.07) is 3.92. The smallest absolute Gasteiger partial charge is 0.303 e. The number of rotatable bonds is 5. The molecule has 0 spiro atoms. The fourth-order valence-electron chi connectivity index (χ4n) is 2.93. The summed E-state index contributed by atoms with van der Waals surface area (Å²) in [6.07, 6.45) is 3.09. The zero-order valence-electron chi connectivity index (χ0n) is 11.8. The molecule has 110 valence electrons. The Labute approximate surface area is 126 Å². The number of hydrogen-bond donors (Lipinski definition) is 1. The molecule has 5 heteroatoms. The van der Waals surface area contributed by atoms with Gasteiger partial charge in [0, 0.05) is 11.1 Å². The Balaban J connectivity index is 2.00. The highest BCUT2D eigenvalue weighted by Gasteiger charge is 2.22. The number of ketones is 1. The first-order valence-corrected chi connectivity index (χ1v) is 7.79. The molecule has 0 bridgehead atoms. The predicted octanol–water partition coefficient (Wildman–Crippen LogP) is 3.45. The second-order valence-corrected chi connectivity index (χ2v) is 6.31. The number of aliphatic carboxylic acids is 1. The van der Waals surface area contributed by atoms with Crippen molar-refractivity contribution in [3.8, 4) is 5.75 Å². The fraction of sp³-hybridized carbons (Fsp3) is 0.375. The van der Waals surface area contributed by atoms with Gasteiger partial charge in [-0.3, -0.25) is 9.59 Å². The Kier molecular flexibility index (Phi) is 3.68. The maximum Gasteiger partial charge on any atom is 0.303 e. The van der Waals surface area contributed by atoms with Gasteiger partial charge in [-0.2, -0.15) is 0 Å². The number of carboxylic acid groups (broad SMARTS) is 1. The van der Waals surface area contributed by atoms with Crippen LogP contribution in [0.5, 0.6) is 5.75 Å². The first kappa shape index (κ1) is 14.1. The van der Waals surface area contributed by atoms with E-state index in [0.29, 0.717) is 4.88 Å². The van der Waals surface area contributed by atoms with E-state index in [9.17, 15) is 9.59 Å². The van der Waals surface area contributed by atoms with Gasteiger partial charge in [-0.05, 0) is 47.9 Å². The number of Topliss-reactive ketones (excluding diaryl/α,β-unsaturated/α-hetero) is 1. The maximum absolute atomic E-state index is 12.1. The molecule has 0 saturated carbocycles. The van der Waals surface area contributed by atoms with Crippen molar-refractivity contribution < 1.29 is 19.4 Å². The van der Waals surface area contributed by atoms with E-state index in [1.807, 2.05) is 12.1 Å². The van der Waals surface area contributed by atoms with Crippen molar-refractivity contribution in [2.24, 2.45) is 0 Å². The largest absolute Gasteiger partial charge is 0.496 e. The first-order chi connectivity index (χ1) is 10.1. The number of carbonyl (C=O) groups is 2. The molecule has 1 aliphatic rings. The fourth-order valence-corrected chi connectivity index (χ4v) is 4.02. The Morgan fingerprint density at radius 1 is 1.24 bits per heavy atom. The standard InChI is InChI=1S/C16H16O4S/c1-20-13-8-14-11(9-3-2-4-10(9)13)7-15(21-14)12(17)5-6-16(18)19/h7-8H,2-6H2,1H3,(H,18,19). The van der Waals surface area contributed by atoms with E-state index in [1.54, 1.807) is 7.11 Å². The van der Waals surface area contributed by atoms with Crippen LogP contribution in [0, 0.1) is 0 Å². The topological polar surface area (TPSA) is 63.6 Å². The summed E-state index contributed by atoms with van der Waals surface area (Å²) < 4.78 is 6.51. The molecular formula is C16H16O4S. The van der Waals surface area contributed by atoms with Crippen LogP contribution < -0.4 is 4.74 Å². The second-order valence-electron chi connectivity index (χ2n) is 5.23. The van der Waals surface area contributed by atoms with Crippen molar-refractivity contribution in [1.29, 1.82) is 0 Å². The summed E-state index contributed by atoms with van der Waals surface area (Å²) in [7, 11) is 1.67. The summed E-state index contributed by atoms with van der Waals surface area (Å²) >= 11 is 1.43. The molecule has 0 fully saturated rings. The normalized spacial score (nSPS) is 13.4. The number of thiophene rings is 1. The lowest BCUT2D eigenvalue weighted by Crippen LogP contribution is -2.01. The summed E-state index contributed by atoms with van der Waals surface area (Å²) in [6.45, 7) is 0. The van der Waals surface area contributed by atoms with Crippen LogP contribution in [-0.4, -0.2) is 24.0 Å². The summed E-state index contributed by atoms with van der Waals surface area (Å²) in [5.74, 6) is -0.127. The SMILES string of the molecule is COc1cc2sc(C(=O)CCC(=O)O)cc2c2c1CCC2. The third-order valence-electron chi connectivity index (χ3n) is 3.92. The molecule has 1 aliphatic carbocycles. The number of aryl methyl sites for hydroxylation is 1. The number of fused-ring (bicyclic) bond motifs is 3. The minimum absolute atomic E-state index is 0.0570. The van der Waals surface area contributed by atoms with Crippen LogP contribution in [-0.2, 0) is 17.6 Å². The molecule has 0 atom stereocenters. The van der Waals surface area contributed by atoms with Crippen LogP contribution in [0.15, 0.2) is 12.1 Å². The molecule has 1 aromatic carbocycles. The molecule has 21 heavy (non-hydrogen) atoms. The van der Waals surface area contributed by atoms with Gasteiger partial charge >= 0.3 is 5.97 Å². The number of carboxylic acids is 1. The Bertz CT molecular complexity index is 729. The first-order valence-electron chi connectivity index (χ1n) is 6.97. The summed E-state index contributed by atoms with van der Waals surface area (Å²) in [5.41, 5.74) is 2.55. The van der Waals surface area contributed by atoms with Crippen LogP contribution in [0.25, 0.3) is 10.1 Å². The van der Waals surface area contributed by atoms with Crippen LogP contribution >= 0.6 is 11.3 Å². The third kappa shape index (κ3) is 2.53. The van der Waals surface area contributed by atoms with E-state index in [-0.39, 0.29) is 18.6 Å². The van der Waals surface area contributed by atoms with E-state index in [1.165, 1.54) is 22.5 Å². The minimum Gasteiger partial charge on any atom is -0.496 e. The lowest BCUT2D eigenvalue weighted by Gasteiger charge is -2.08. The molecular weight excluding hydrogens is 288 g/mol. The third-order valence-corrected chi connectivity index (χ3v) is 5.05. The van der Waals surface area contributed by atoms with Gasteiger partial charge in [-0.25, -0.2) is 0 Å². The number of hydrogen-bond acceptors (Lipinski definition) is 4. The van der Waals surface area contributed by atoms with Crippen molar-refractivity contribution in [3.05, 3.63) is 28.1 Å². The Hall–Kier alpha value is -1.88. The highest BCUT2D eigenvalue weighted by atomic mass is 32.1. The van der Waals surface area contributed by atoms with Crippen molar-refractivity contribution in [2.45, 2.75) is 32.1 Å². The van der Waals surface area contributed by atoms with Crippen molar-refractivity contribution in [2.75, 3.05) is 7.11 Å². The van der Waals surface area contributed by atoms with Gasteiger partial charge < -0.3 is 9.84 Å². The zero-order valence-corrected chi connectivity index (χ0v) is 12.6. The monoisotopic (exact) mass is 304 g/mol. The molecule has 0 unspecified atom stereocenters. The van der Waals surface area contributed by atoms with E-state index >= 15 is 0 Å². The van der Waals surface area contributed by atoms with Gasteiger partial charge in [0.15, 0.2) is 5.78 Å². The molecule has 2 aromatic rings. The minimum atomic E-state index is -0.938. The molecule has 0 aliphatic heterocycles. The Morgan fingerprint density at radius 3 is 2.71 bits per heavy atom. The zero-order chi connectivity index (χ0) is 15.0. The van der Waals surface area contributed by atoms with E-state index in [4.69, 9.17) is 9.84 Å². The van der Waals surface area contributed by atoms with Crippen LogP contribution in [0.2, 0.25) is 0 Å². The lowest BCUT2D eigenvalue weighted by molar-refractivity contribution is -0.136. The summed E-state index contributed by atoms with van der Waals surface area (Å²) in [5, 5.41) is 9.81. The Morgan fingerprint density at radius 2 is 2.00 bits per heavy atom. The molecule has 3 rings (SSSR count). The van der Waals surface area contributed by atoms with Crippen molar-refractivity contribution in [3.63, 3.8) is 0 Å². The molecule has 0 radical (unpaired) electrons. The average Bonchev–Trinajstić information content (AvgIpc) is 3.09. The van der Waals surface area contributed by atoms with Gasteiger partial charge in [0.25, 0.3) is 0 Å². The molecule has 1 heterocycles. The van der Waals surface area contributed by atoms with Gasteiger partial charge in [0.05, 0.1) is 18.4 Å². The highest BCUT2D eigenvalue weighted by Crippen LogP contribution is 2.40. The quantitative estimate of drug-likeness (QED) is 0.859. The van der Waals surface area contributed by atoms with Gasteiger partial charge in [-0.1, -0.05) is 0 Å². The van der Waals surface area contributed by atoms with Crippen LogP contribution in [0.3, 0.4) is 0 Å². The molecule has 1 N–H and O–H groups in total. The maximum atomic E-state index is 12.1. The van der Waals surface area contributed by atoms with Crippen molar-refractivity contribution >= 4 is 33.2 Å². The average molecular weight is 304 g/mol. The highest BCUT2D eigenvalue weighted by molar-refractivity contribution is 7.20. The molecule has 0 amide bonds. The lowest BCUT2D eigenvalue weighted by atomic mass is 10.0. The molecule has 0 saturated heterocycles. The van der Waals surface area contributed by atoms with E-state index in [0.717, 1.165) is 35.1 Å². The van der Waals surface area contributed by atoms with Gasteiger partial charge in [0.1, 0.15) is 5.75 Å². The molecule has 1 aromatic heterocycles. The predicted molar refractivity (Wildman–Crippen MR) is 81.6 cm³/mol. The second kappa shape index (κ2) is 5.48.